The maximum atomic E-state index is 11.7. The monoisotopic (exact) mass is 243 g/mol. The van der Waals surface area contributed by atoms with E-state index in [2.05, 4.69) is 0 Å². The summed E-state index contributed by atoms with van der Waals surface area (Å²) in [5.74, 6) is -1.10. The number of amides is 1. The summed E-state index contributed by atoms with van der Waals surface area (Å²) in [6.07, 6.45) is 1.28. The predicted octanol–water partition coefficient (Wildman–Crippen LogP) is 0.708. The van der Waals surface area contributed by atoms with Crippen LogP contribution >= 0.6 is 0 Å². The van der Waals surface area contributed by atoms with Crippen molar-refractivity contribution in [1.82, 2.24) is 4.90 Å². The zero-order valence-corrected chi connectivity index (χ0v) is 9.63. The minimum absolute atomic E-state index is 0.139. The smallest absolute Gasteiger partial charge is 0.410 e. The Morgan fingerprint density at radius 2 is 1.94 bits per heavy atom. The van der Waals surface area contributed by atoms with Crippen LogP contribution in [0.5, 0.6) is 0 Å². The fraction of sp³-hybridized carbons (Fsp3) is 0.818. The molecule has 17 heavy (non-hydrogen) atoms. The van der Waals surface area contributed by atoms with Crippen LogP contribution in [0.1, 0.15) is 19.3 Å². The average molecular weight is 243 g/mol. The number of carboxylic acid groups (broad SMARTS) is 1. The molecule has 2 heterocycles. The summed E-state index contributed by atoms with van der Waals surface area (Å²) in [7, 11) is 0. The van der Waals surface area contributed by atoms with Gasteiger partial charge in [0.15, 0.2) is 0 Å². The van der Waals surface area contributed by atoms with E-state index in [-0.39, 0.29) is 18.1 Å². The lowest BCUT2D eigenvalue weighted by Crippen LogP contribution is -2.41. The lowest BCUT2D eigenvalue weighted by atomic mass is 9.97. The first-order valence-electron chi connectivity index (χ1n) is 5.93. The standard InChI is InChI=1S/C11H17NO5/c13-10(14)8-1-4-12(5-2-8)11(15)17-9-3-6-16-7-9/h8-9H,1-7H2,(H,13,14)/t9-/m0/s1. The Morgan fingerprint density at radius 3 is 2.47 bits per heavy atom. The number of ether oxygens (including phenoxy) is 2. The number of likely N-dealkylation sites (tertiary alicyclic amines) is 1. The molecule has 2 saturated heterocycles. The predicted molar refractivity (Wildman–Crippen MR) is 57.6 cm³/mol. The van der Waals surface area contributed by atoms with Gasteiger partial charge in [-0.2, -0.15) is 0 Å². The molecule has 0 aromatic heterocycles. The summed E-state index contributed by atoms with van der Waals surface area (Å²) >= 11 is 0. The zero-order chi connectivity index (χ0) is 12.3. The van der Waals surface area contributed by atoms with Crippen LogP contribution in [-0.4, -0.2) is 54.5 Å². The van der Waals surface area contributed by atoms with Crippen LogP contribution < -0.4 is 0 Å². The van der Waals surface area contributed by atoms with Gasteiger partial charge in [-0.25, -0.2) is 4.79 Å². The van der Waals surface area contributed by atoms with Crippen LogP contribution in [0.2, 0.25) is 0 Å². The second-order valence-corrected chi connectivity index (χ2v) is 4.47. The van der Waals surface area contributed by atoms with Gasteiger partial charge >= 0.3 is 12.1 Å². The molecule has 1 atom stereocenters. The van der Waals surface area contributed by atoms with Crippen LogP contribution in [0.3, 0.4) is 0 Å². The second-order valence-electron chi connectivity index (χ2n) is 4.47. The lowest BCUT2D eigenvalue weighted by Gasteiger charge is -2.30. The van der Waals surface area contributed by atoms with Crippen molar-refractivity contribution < 1.29 is 24.2 Å². The largest absolute Gasteiger partial charge is 0.481 e. The van der Waals surface area contributed by atoms with Crippen molar-refractivity contribution in [3.05, 3.63) is 0 Å². The van der Waals surface area contributed by atoms with Crippen LogP contribution in [0.15, 0.2) is 0 Å². The second kappa shape index (κ2) is 5.35. The zero-order valence-electron chi connectivity index (χ0n) is 9.63. The number of aliphatic carboxylic acids is 1. The molecule has 0 bridgehead atoms. The summed E-state index contributed by atoms with van der Waals surface area (Å²) in [5.41, 5.74) is 0. The topological polar surface area (TPSA) is 76.1 Å². The first kappa shape index (κ1) is 12.2. The number of rotatable bonds is 2. The molecule has 0 aromatic carbocycles. The van der Waals surface area contributed by atoms with Crippen molar-refractivity contribution in [1.29, 1.82) is 0 Å². The molecule has 2 fully saturated rings. The van der Waals surface area contributed by atoms with E-state index in [9.17, 15) is 9.59 Å². The molecule has 0 aromatic rings. The van der Waals surface area contributed by atoms with Gasteiger partial charge in [-0.1, -0.05) is 0 Å². The van der Waals surface area contributed by atoms with E-state index in [1.54, 1.807) is 4.90 Å². The molecule has 2 aliphatic heterocycles. The molecule has 0 radical (unpaired) electrons. The fourth-order valence-corrected chi connectivity index (χ4v) is 2.13. The van der Waals surface area contributed by atoms with Crippen LogP contribution in [0, 0.1) is 5.92 Å². The summed E-state index contributed by atoms with van der Waals surface area (Å²) in [5, 5.41) is 8.84. The van der Waals surface area contributed by atoms with Crippen LogP contribution in [0.25, 0.3) is 0 Å². The maximum absolute atomic E-state index is 11.7. The van der Waals surface area contributed by atoms with Crippen molar-refractivity contribution >= 4 is 12.1 Å². The molecule has 0 saturated carbocycles. The van der Waals surface area contributed by atoms with Crippen molar-refractivity contribution in [3.63, 3.8) is 0 Å². The minimum Gasteiger partial charge on any atom is -0.481 e. The van der Waals surface area contributed by atoms with Gasteiger partial charge < -0.3 is 19.5 Å². The molecule has 1 amide bonds. The van der Waals surface area contributed by atoms with Gasteiger partial charge in [0, 0.05) is 19.5 Å². The molecule has 2 aliphatic rings. The van der Waals surface area contributed by atoms with Gasteiger partial charge in [-0.05, 0) is 12.8 Å². The highest BCUT2D eigenvalue weighted by molar-refractivity contribution is 5.71. The van der Waals surface area contributed by atoms with Gasteiger partial charge in [0.05, 0.1) is 19.1 Å². The van der Waals surface area contributed by atoms with Gasteiger partial charge in [-0.3, -0.25) is 4.79 Å². The lowest BCUT2D eigenvalue weighted by molar-refractivity contribution is -0.143. The molecule has 6 heteroatoms. The maximum Gasteiger partial charge on any atom is 0.410 e. The summed E-state index contributed by atoms with van der Waals surface area (Å²) in [4.78, 5) is 24.1. The van der Waals surface area contributed by atoms with Gasteiger partial charge in [0.2, 0.25) is 0 Å². The summed E-state index contributed by atoms with van der Waals surface area (Å²) in [6.45, 7) is 2.03. The summed E-state index contributed by atoms with van der Waals surface area (Å²) < 4.78 is 10.4. The molecular weight excluding hydrogens is 226 g/mol. The van der Waals surface area contributed by atoms with Crippen molar-refractivity contribution in [2.75, 3.05) is 26.3 Å². The first-order chi connectivity index (χ1) is 8.16. The highest BCUT2D eigenvalue weighted by atomic mass is 16.6. The quantitative estimate of drug-likeness (QED) is 0.773. The molecule has 2 rings (SSSR count). The Balaban J connectivity index is 1.75. The highest BCUT2D eigenvalue weighted by Crippen LogP contribution is 2.19. The Labute approximate surface area is 99.5 Å². The first-order valence-corrected chi connectivity index (χ1v) is 5.93. The summed E-state index contributed by atoms with van der Waals surface area (Å²) in [6, 6.07) is 0. The van der Waals surface area contributed by atoms with Crippen molar-refractivity contribution in [2.45, 2.75) is 25.4 Å². The Bertz CT molecular complexity index is 292. The van der Waals surface area contributed by atoms with E-state index >= 15 is 0 Å². The Hall–Kier alpha value is -1.30. The number of carbonyl (C=O) groups is 2. The third kappa shape index (κ3) is 3.09. The molecule has 6 nitrogen and oxygen atoms in total. The van der Waals surface area contributed by atoms with Crippen molar-refractivity contribution in [3.8, 4) is 0 Å². The number of hydrogen-bond donors (Lipinski definition) is 1. The minimum atomic E-state index is -0.776. The van der Waals surface area contributed by atoms with Crippen LogP contribution in [-0.2, 0) is 14.3 Å². The van der Waals surface area contributed by atoms with E-state index in [4.69, 9.17) is 14.6 Å². The highest BCUT2D eigenvalue weighted by Gasteiger charge is 2.29. The molecule has 96 valence electrons. The molecule has 1 N–H and O–H groups in total. The number of piperidine rings is 1. The number of nitrogens with zero attached hydrogens (tertiary/aromatic N) is 1. The molecule has 0 unspecified atom stereocenters. The SMILES string of the molecule is O=C(O)C1CCN(C(=O)O[C@H]2CCOC2)CC1. The normalized spacial score (nSPS) is 25.9. The van der Waals surface area contributed by atoms with E-state index in [1.165, 1.54) is 0 Å². The third-order valence-corrected chi connectivity index (χ3v) is 3.26. The van der Waals surface area contributed by atoms with Gasteiger partial charge in [0.25, 0.3) is 0 Å². The van der Waals surface area contributed by atoms with E-state index in [1.807, 2.05) is 0 Å². The van der Waals surface area contributed by atoms with E-state index < -0.39 is 5.97 Å². The van der Waals surface area contributed by atoms with Crippen LogP contribution in [0.4, 0.5) is 4.79 Å². The van der Waals surface area contributed by atoms with Gasteiger partial charge in [-0.15, -0.1) is 0 Å². The van der Waals surface area contributed by atoms with Gasteiger partial charge in [0.1, 0.15) is 6.10 Å². The van der Waals surface area contributed by atoms with E-state index in [0.29, 0.717) is 39.1 Å². The van der Waals surface area contributed by atoms with Crippen molar-refractivity contribution in [2.24, 2.45) is 5.92 Å². The Kier molecular flexibility index (Phi) is 3.83. The molecule has 0 aliphatic carbocycles. The van der Waals surface area contributed by atoms with E-state index in [0.717, 1.165) is 6.42 Å². The molecule has 0 spiro atoms. The third-order valence-electron chi connectivity index (χ3n) is 3.26. The molecular formula is C11H17NO5. The Morgan fingerprint density at radius 1 is 1.24 bits per heavy atom. The number of carboxylic acids is 1. The number of carbonyl (C=O) groups excluding carboxylic acids is 1. The number of hydrogen-bond acceptors (Lipinski definition) is 4. The average Bonchev–Trinajstić information content (AvgIpc) is 2.82. The fourth-order valence-electron chi connectivity index (χ4n) is 2.13.